The topological polar surface area (TPSA) is 111 Å². The molecule has 0 bridgehead atoms. The second-order valence-corrected chi connectivity index (χ2v) is 26.3. The van der Waals surface area contributed by atoms with Gasteiger partial charge in [0.05, 0.1) is 27.7 Å². The molecule has 2 unspecified atom stereocenters. The van der Waals surface area contributed by atoms with Gasteiger partial charge < -0.3 is 27.9 Å². The number of phosphoric acid groups is 1. The molecule has 0 saturated heterocycles. The highest BCUT2D eigenvalue weighted by atomic mass is 31.2. The summed E-state index contributed by atoms with van der Waals surface area (Å²) in [5, 5.41) is 0. The van der Waals surface area contributed by atoms with E-state index in [1.807, 2.05) is 21.1 Å². The first-order valence-electron chi connectivity index (χ1n) is 35.6. The summed E-state index contributed by atoms with van der Waals surface area (Å²) in [6.07, 6.45) is 93.1. The van der Waals surface area contributed by atoms with Crippen LogP contribution < -0.4 is 4.89 Å². The molecule has 0 aromatic rings. The summed E-state index contributed by atoms with van der Waals surface area (Å²) in [6, 6.07) is 0. The molecule has 10 heteroatoms. The summed E-state index contributed by atoms with van der Waals surface area (Å²) in [5.41, 5.74) is 0. The second-order valence-electron chi connectivity index (χ2n) is 24.9. The Morgan fingerprint density at radius 1 is 0.372 bits per heavy atom. The molecule has 2 atom stereocenters. The molecule has 0 aliphatic carbocycles. The molecule has 0 aromatic carbocycles. The van der Waals surface area contributed by atoms with E-state index in [4.69, 9.17) is 18.5 Å². The van der Waals surface area contributed by atoms with E-state index in [9.17, 15) is 19.0 Å². The number of unbranched alkanes of at least 4 members (excludes halogenated alkanes) is 33. The van der Waals surface area contributed by atoms with Gasteiger partial charge in [0, 0.05) is 12.8 Å². The molecule has 0 aromatic heterocycles. The van der Waals surface area contributed by atoms with Crippen LogP contribution in [0.25, 0.3) is 0 Å². The van der Waals surface area contributed by atoms with Crippen LogP contribution in [0.4, 0.5) is 0 Å². The van der Waals surface area contributed by atoms with E-state index in [1.165, 1.54) is 180 Å². The van der Waals surface area contributed by atoms with Crippen LogP contribution >= 0.6 is 7.82 Å². The number of carbonyl (C=O) groups excluding carboxylic acids is 2. The van der Waals surface area contributed by atoms with E-state index in [2.05, 4.69) is 123 Å². The maximum atomic E-state index is 12.9. The van der Waals surface area contributed by atoms with Gasteiger partial charge in [0.1, 0.15) is 19.8 Å². The Morgan fingerprint density at radius 3 is 0.988 bits per heavy atom. The summed E-state index contributed by atoms with van der Waals surface area (Å²) in [7, 11) is 1.17. The molecule has 9 nitrogen and oxygen atoms in total. The van der Waals surface area contributed by atoms with Gasteiger partial charge in [-0.2, -0.15) is 0 Å². The van der Waals surface area contributed by atoms with Crippen LogP contribution in [-0.2, 0) is 32.7 Å². The van der Waals surface area contributed by atoms with Crippen LogP contribution in [0.3, 0.4) is 0 Å². The first-order valence-corrected chi connectivity index (χ1v) is 37.1. The maximum absolute atomic E-state index is 12.9. The Bertz CT molecular complexity index is 1820. The number of hydrogen-bond donors (Lipinski definition) is 0. The van der Waals surface area contributed by atoms with E-state index in [-0.39, 0.29) is 32.0 Å². The Hall–Kier alpha value is -3.33. The molecular weight excluding hydrogens is 1090 g/mol. The molecule has 0 aliphatic rings. The predicted molar refractivity (Wildman–Crippen MR) is 369 cm³/mol. The number of ether oxygens (including phenoxy) is 2. The fourth-order valence-corrected chi connectivity index (χ4v) is 10.6. The number of nitrogens with zero attached hydrogens (tertiary/aromatic N) is 1. The monoisotopic (exact) mass is 1220 g/mol. The van der Waals surface area contributed by atoms with Crippen molar-refractivity contribution in [3.63, 3.8) is 0 Å². The average molecular weight is 1220 g/mol. The zero-order valence-electron chi connectivity index (χ0n) is 56.5. The summed E-state index contributed by atoms with van der Waals surface area (Å²) >= 11 is 0. The first-order chi connectivity index (χ1) is 42.0. The minimum atomic E-state index is -4.64. The summed E-state index contributed by atoms with van der Waals surface area (Å²) < 4.78 is 34.3. The quantitative estimate of drug-likeness (QED) is 0.0195. The van der Waals surface area contributed by atoms with Gasteiger partial charge in [-0.25, -0.2) is 0 Å². The highest BCUT2D eigenvalue weighted by Crippen LogP contribution is 2.38. The Kier molecular flexibility index (Phi) is 63.5. The molecule has 496 valence electrons. The van der Waals surface area contributed by atoms with Crippen molar-refractivity contribution in [1.29, 1.82) is 0 Å². The summed E-state index contributed by atoms with van der Waals surface area (Å²) in [4.78, 5) is 38.0. The maximum Gasteiger partial charge on any atom is 0.306 e. The Labute approximate surface area is 531 Å². The highest BCUT2D eigenvalue weighted by molar-refractivity contribution is 7.45. The first kappa shape index (κ1) is 82.7. The number of carbonyl (C=O) groups is 2. The lowest BCUT2D eigenvalue weighted by molar-refractivity contribution is -0.870. The molecule has 0 heterocycles. The third-order valence-corrected chi connectivity index (χ3v) is 16.3. The van der Waals surface area contributed by atoms with Crippen molar-refractivity contribution < 1.29 is 42.1 Å². The van der Waals surface area contributed by atoms with E-state index in [0.717, 1.165) is 96.3 Å². The number of phosphoric ester groups is 1. The number of allylic oxidation sites excluding steroid dienone is 18. The molecule has 0 aliphatic heterocycles. The van der Waals surface area contributed by atoms with E-state index in [0.29, 0.717) is 17.4 Å². The fourth-order valence-electron chi connectivity index (χ4n) is 9.89. The molecule has 0 N–H and O–H groups in total. The van der Waals surface area contributed by atoms with Crippen molar-refractivity contribution in [2.75, 3.05) is 47.5 Å². The summed E-state index contributed by atoms with van der Waals surface area (Å²) in [5.74, 6) is -0.825. The third kappa shape index (κ3) is 69.8. The summed E-state index contributed by atoms with van der Waals surface area (Å²) in [6.45, 7) is 4.16. The molecular formula is C76H134NO8P. The van der Waals surface area contributed by atoms with Crippen molar-refractivity contribution in [3.05, 3.63) is 109 Å². The number of likely N-dealkylation sites (N-methyl/N-ethyl adjacent to an activating group) is 1. The molecule has 0 rings (SSSR count). The number of rotatable bonds is 65. The lowest BCUT2D eigenvalue weighted by Crippen LogP contribution is -2.37. The largest absolute Gasteiger partial charge is 0.756 e. The van der Waals surface area contributed by atoms with Gasteiger partial charge in [0.25, 0.3) is 7.82 Å². The van der Waals surface area contributed by atoms with Gasteiger partial charge in [0.15, 0.2) is 6.10 Å². The van der Waals surface area contributed by atoms with Gasteiger partial charge in [0.2, 0.25) is 0 Å². The highest BCUT2D eigenvalue weighted by Gasteiger charge is 2.22. The standard InChI is InChI=1S/C76H134NO8P/c1-6-8-10-12-14-16-18-20-22-24-26-28-29-30-31-32-33-34-35-36-37-38-39-40-41-42-43-44-45-46-47-49-51-53-55-57-59-61-63-65-67-69-76(79)85-74(73-84-86(80,81)83-71-70-77(3,4)5)72-82-75(78)68-66-64-62-60-58-56-54-52-50-48-27-25-23-21-19-17-15-13-11-9-7-2/h8,10,14,16,20,22,26,28,30-31,33-34,36-37,39-40,42-43,74H,6-7,9,11-13,15,17-19,21,23-25,27,29,32,35,38,41,44-73H2,1-5H3/b10-8-,16-14-,22-20-,28-26-,31-30-,34-33-,37-36-,40-39-,43-42-. The second kappa shape index (κ2) is 66.1. The van der Waals surface area contributed by atoms with Crippen LogP contribution in [0.15, 0.2) is 109 Å². The van der Waals surface area contributed by atoms with Gasteiger partial charge >= 0.3 is 11.9 Å². The lowest BCUT2D eigenvalue weighted by atomic mass is 10.0. The fraction of sp³-hybridized carbons (Fsp3) is 0.737. The van der Waals surface area contributed by atoms with Gasteiger partial charge in [-0.1, -0.05) is 322 Å². The average Bonchev–Trinajstić information content (AvgIpc) is 3.70. The smallest absolute Gasteiger partial charge is 0.306 e. The predicted octanol–water partition coefficient (Wildman–Crippen LogP) is 22.6. The van der Waals surface area contributed by atoms with Crippen LogP contribution in [0, 0.1) is 0 Å². The van der Waals surface area contributed by atoms with Crippen molar-refractivity contribution in [1.82, 2.24) is 0 Å². The van der Waals surface area contributed by atoms with Crippen LogP contribution in [0.5, 0.6) is 0 Å². The Balaban J connectivity index is 4.02. The molecule has 0 amide bonds. The van der Waals surface area contributed by atoms with Gasteiger partial charge in [-0.05, 0) is 83.5 Å². The van der Waals surface area contributed by atoms with Crippen molar-refractivity contribution in [2.45, 2.75) is 315 Å². The number of hydrogen-bond acceptors (Lipinski definition) is 8. The van der Waals surface area contributed by atoms with Crippen molar-refractivity contribution >= 4 is 19.8 Å². The van der Waals surface area contributed by atoms with E-state index >= 15 is 0 Å². The third-order valence-electron chi connectivity index (χ3n) is 15.3. The molecule has 86 heavy (non-hydrogen) atoms. The molecule has 0 radical (unpaired) electrons. The SMILES string of the molecule is CC/C=C\C/C=C\C/C=C\C/C=C\C/C=C\C/C=C\C/C=C\C/C=C\C/C=C\CCCCCCCCCCCCCCCC(=O)OC(COC(=O)CCCCCCCCCCCCCCCCCCCCCCC)COP(=O)([O-])OCC[N+](C)(C)C. The van der Waals surface area contributed by atoms with E-state index < -0.39 is 26.5 Å². The molecule has 0 saturated carbocycles. The zero-order valence-corrected chi connectivity index (χ0v) is 57.4. The Morgan fingerprint density at radius 2 is 0.663 bits per heavy atom. The molecule has 0 fully saturated rings. The van der Waals surface area contributed by atoms with Crippen LogP contribution in [0.2, 0.25) is 0 Å². The van der Waals surface area contributed by atoms with Crippen LogP contribution in [-0.4, -0.2) is 70.0 Å². The zero-order chi connectivity index (χ0) is 62.6. The van der Waals surface area contributed by atoms with Gasteiger partial charge in [-0.15, -0.1) is 0 Å². The van der Waals surface area contributed by atoms with Gasteiger partial charge in [-0.3, -0.25) is 14.2 Å². The number of esters is 2. The van der Waals surface area contributed by atoms with Crippen molar-refractivity contribution in [3.8, 4) is 0 Å². The number of quaternary nitrogens is 1. The van der Waals surface area contributed by atoms with E-state index in [1.54, 1.807) is 0 Å². The molecule has 0 spiro atoms. The lowest BCUT2D eigenvalue weighted by Gasteiger charge is -2.28. The van der Waals surface area contributed by atoms with Crippen molar-refractivity contribution in [2.24, 2.45) is 0 Å². The van der Waals surface area contributed by atoms with Crippen LogP contribution in [0.1, 0.15) is 309 Å². The minimum Gasteiger partial charge on any atom is -0.756 e. The normalized spacial score (nSPS) is 13.8. The minimum absolute atomic E-state index is 0.0326.